The first-order chi connectivity index (χ1) is 12.3. The summed E-state index contributed by atoms with van der Waals surface area (Å²) in [6.07, 6.45) is 5.07. The molecule has 0 heterocycles. The van der Waals surface area contributed by atoms with Gasteiger partial charge in [0.1, 0.15) is 0 Å². The van der Waals surface area contributed by atoms with Crippen LogP contribution in [-0.2, 0) is 15.0 Å². The highest BCUT2D eigenvalue weighted by atomic mass is 16.2. The van der Waals surface area contributed by atoms with Crippen LogP contribution >= 0.6 is 0 Å². The lowest BCUT2D eigenvalue weighted by molar-refractivity contribution is -0.129. The fourth-order valence-corrected chi connectivity index (χ4v) is 3.04. The Morgan fingerprint density at radius 2 is 1.58 bits per heavy atom. The van der Waals surface area contributed by atoms with Crippen LogP contribution in [0, 0.1) is 5.92 Å². The van der Waals surface area contributed by atoms with E-state index in [0.717, 1.165) is 31.2 Å². The Labute approximate surface area is 155 Å². The van der Waals surface area contributed by atoms with Gasteiger partial charge in [0.05, 0.1) is 6.54 Å². The molecule has 0 atom stereocenters. The molecule has 2 rings (SSSR count). The second-order valence-corrected chi connectivity index (χ2v) is 7.88. The first kappa shape index (κ1) is 19.9. The zero-order valence-corrected chi connectivity index (χ0v) is 15.9. The quantitative estimate of drug-likeness (QED) is 0.722. The molecule has 0 aliphatic heterocycles. The minimum atomic E-state index is -0.450. The molecule has 0 aromatic heterocycles. The number of carbonyl (C=O) groups is 3. The van der Waals surface area contributed by atoms with Gasteiger partial charge in [0.15, 0.2) is 0 Å². The third kappa shape index (κ3) is 5.86. The average Bonchev–Trinajstić information content (AvgIpc) is 2.64. The Morgan fingerprint density at radius 1 is 0.962 bits per heavy atom. The molecule has 1 aromatic rings. The first-order valence-corrected chi connectivity index (χ1v) is 9.25. The van der Waals surface area contributed by atoms with Gasteiger partial charge in [-0.15, -0.1) is 0 Å². The van der Waals surface area contributed by atoms with Crippen molar-refractivity contribution in [3.63, 3.8) is 0 Å². The summed E-state index contributed by atoms with van der Waals surface area (Å²) in [6, 6.07) is 7.27. The maximum Gasteiger partial charge on any atom is 0.269 e. The van der Waals surface area contributed by atoms with Gasteiger partial charge < -0.3 is 5.32 Å². The van der Waals surface area contributed by atoms with E-state index < -0.39 is 11.8 Å². The molecule has 3 amide bonds. The number of hydrazine groups is 1. The van der Waals surface area contributed by atoms with Gasteiger partial charge in [-0.1, -0.05) is 52.2 Å². The van der Waals surface area contributed by atoms with Gasteiger partial charge in [-0.25, -0.2) is 0 Å². The molecular weight excluding hydrogens is 330 g/mol. The molecule has 1 aromatic carbocycles. The SMILES string of the molecule is CC(C)(C)c1ccc(C(=O)NNC(=O)CNC(=O)C2CCCCC2)cc1. The van der Waals surface area contributed by atoms with Crippen molar-refractivity contribution < 1.29 is 14.4 Å². The maximum absolute atomic E-state index is 12.1. The molecule has 1 aliphatic rings. The number of rotatable bonds is 4. The largest absolute Gasteiger partial charge is 0.347 e. The van der Waals surface area contributed by atoms with Crippen LogP contribution < -0.4 is 16.2 Å². The van der Waals surface area contributed by atoms with Crippen molar-refractivity contribution in [3.8, 4) is 0 Å². The van der Waals surface area contributed by atoms with Crippen LogP contribution in [0.2, 0.25) is 0 Å². The van der Waals surface area contributed by atoms with E-state index in [1.54, 1.807) is 12.1 Å². The van der Waals surface area contributed by atoms with Crippen LogP contribution in [0.5, 0.6) is 0 Å². The third-order valence-corrected chi connectivity index (χ3v) is 4.73. The molecule has 0 bridgehead atoms. The monoisotopic (exact) mass is 359 g/mol. The fourth-order valence-electron chi connectivity index (χ4n) is 3.04. The smallest absolute Gasteiger partial charge is 0.269 e. The minimum Gasteiger partial charge on any atom is -0.347 e. The normalized spacial score (nSPS) is 15.2. The van der Waals surface area contributed by atoms with Gasteiger partial charge in [-0.05, 0) is 36.0 Å². The molecule has 0 spiro atoms. The predicted octanol–water partition coefficient (Wildman–Crippen LogP) is 2.44. The number of benzene rings is 1. The number of hydrogen-bond acceptors (Lipinski definition) is 3. The number of carbonyl (C=O) groups excluding carboxylic acids is 3. The summed E-state index contributed by atoms with van der Waals surface area (Å²) in [5.74, 6) is -0.914. The highest BCUT2D eigenvalue weighted by Crippen LogP contribution is 2.23. The molecule has 0 saturated heterocycles. The van der Waals surface area contributed by atoms with Crippen molar-refractivity contribution in [1.29, 1.82) is 0 Å². The summed E-state index contributed by atoms with van der Waals surface area (Å²) in [5, 5.41) is 2.64. The zero-order chi connectivity index (χ0) is 19.2. The van der Waals surface area contributed by atoms with Crippen molar-refractivity contribution >= 4 is 17.7 Å². The van der Waals surface area contributed by atoms with Gasteiger partial charge in [0.2, 0.25) is 5.91 Å². The minimum absolute atomic E-state index is 0.00692. The molecule has 1 saturated carbocycles. The van der Waals surface area contributed by atoms with Crippen molar-refractivity contribution in [2.24, 2.45) is 5.92 Å². The summed E-state index contributed by atoms with van der Waals surface area (Å²) in [7, 11) is 0. The van der Waals surface area contributed by atoms with E-state index in [-0.39, 0.29) is 23.8 Å². The van der Waals surface area contributed by atoms with E-state index in [2.05, 4.69) is 36.9 Å². The van der Waals surface area contributed by atoms with Crippen LogP contribution in [0.25, 0.3) is 0 Å². The highest BCUT2D eigenvalue weighted by molar-refractivity contribution is 5.95. The van der Waals surface area contributed by atoms with Gasteiger partial charge >= 0.3 is 0 Å². The summed E-state index contributed by atoms with van der Waals surface area (Å²) < 4.78 is 0. The van der Waals surface area contributed by atoms with Crippen LogP contribution in [0.3, 0.4) is 0 Å². The van der Waals surface area contributed by atoms with E-state index in [1.165, 1.54) is 6.42 Å². The van der Waals surface area contributed by atoms with Gasteiger partial charge in [0.25, 0.3) is 11.8 Å². The second-order valence-electron chi connectivity index (χ2n) is 7.88. The highest BCUT2D eigenvalue weighted by Gasteiger charge is 2.21. The number of amides is 3. The Kier molecular flexibility index (Phi) is 6.77. The average molecular weight is 359 g/mol. The Hall–Kier alpha value is -2.37. The third-order valence-electron chi connectivity index (χ3n) is 4.73. The lowest BCUT2D eigenvalue weighted by atomic mass is 9.87. The Balaban J connectivity index is 1.74. The molecule has 1 aliphatic carbocycles. The maximum atomic E-state index is 12.1. The summed E-state index contributed by atoms with van der Waals surface area (Å²) in [4.78, 5) is 35.9. The van der Waals surface area contributed by atoms with Crippen molar-refractivity contribution in [3.05, 3.63) is 35.4 Å². The molecular formula is C20H29N3O3. The molecule has 0 radical (unpaired) electrons. The standard InChI is InChI=1S/C20H29N3O3/c1-20(2,3)16-11-9-15(10-12-16)19(26)23-22-17(24)13-21-18(25)14-7-5-4-6-8-14/h9-12,14H,4-8,13H2,1-3H3,(H,21,25)(H,22,24)(H,23,26). The van der Waals surface area contributed by atoms with E-state index in [4.69, 9.17) is 0 Å². The summed E-state index contributed by atoms with van der Waals surface area (Å²) >= 11 is 0. The Morgan fingerprint density at radius 3 is 2.15 bits per heavy atom. The van der Waals surface area contributed by atoms with Crippen LogP contribution in [0.4, 0.5) is 0 Å². The predicted molar refractivity (Wildman–Crippen MR) is 100 cm³/mol. The van der Waals surface area contributed by atoms with Gasteiger partial charge in [-0.2, -0.15) is 0 Å². The van der Waals surface area contributed by atoms with Crippen molar-refractivity contribution in [1.82, 2.24) is 16.2 Å². The molecule has 1 fully saturated rings. The number of nitrogens with one attached hydrogen (secondary N) is 3. The van der Waals surface area contributed by atoms with Crippen LogP contribution in [-0.4, -0.2) is 24.3 Å². The molecule has 6 heteroatoms. The van der Waals surface area contributed by atoms with Gasteiger partial charge in [-0.3, -0.25) is 25.2 Å². The van der Waals surface area contributed by atoms with Crippen molar-refractivity contribution in [2.75, 3.05) is 6.54 Å². The molecule has 142 valence electrons. The lowest BCUT2D eigenvalue weighted by Crippen LogP contribution is -2.47. The van der Waals surface area contributed by atoms with E-state index in [1.807, 2.05) is 12.1 Å². The second kappa shape index (κ2) is 8.83. The summed E-state index contributed by atoms with van der Waals surface area (Å²) in [6.45, 7) is 6.16. The summed E-state index contributed by atoms with van der Waals surface area (Å²) in [5.41, 5.74) is 6.31. The lowest BCUT2D eigenvalue weighted by Gasteiger charge is -2.20. The molecule has 6 nitrogen and oxygen atoms in total. The van der Waals surface area contributed by atoms with Gasteiger partial charge in [0, 0.05) is 11.5 Å². The molecule has 3 N–H and O–H groups in total. The number of hydrogen-bond donors (Lipinski definition) is 3. The fraction of sp³-hybridized carbons (Fsp3) is 0.550. The van der Waals surface area contributed by atoms with E-state index in [9.17, 15) is 14.4 Å². The van der Waals surface area contributed by atoms with Crippen LogP contribution in [0.1, 0.15) is 68.8 Å². The molecule has 26 heavy (non-hydrogen) atoms. The molecule has 0 unspecified atom stereocenters. The first-order valence-electron chi connectivity index (χ1n) is 9.25. The Bertz CT molecular complexity index is 641. The van der Waals surface area contributed by atoms with Crippen LogP contribution in [0.15, 0.2) is 24.3 Å². The van der Waals surface area contributed by atoms with E-state index in [0.29, 0.717) is 5.56 Å². The van der Waals surface area contributed by atoms with E-state index >= 15 is 0 Å². The van der Waals surface area contributed by atoms with Crippen molar-refractivity contribution in [2.45, 2.75) is 58.3 Å². The topological polar surface area (TPSA) is 87.3 Å². The zero-order valence-electron chi connectivity index (χ0n) is 15.9.